The monoisotopic (exact) mass is 397 g/mol. The lowest BCUT2D eigenvalue weighted by Crippen LogP contribution is -2.42. The molecule has 7 nitrogen and oxygen atoms in total. The smallest absolute Gasteiger partial charge is 0.255 e. The number of rotatable bonds is 7. The van der Waals surface area contributed by atoms with Crippen LogP contribution < -0.4 is 20.5 Å². The average Bonchev–Trinajstić information content (AvgIpc) is 3.51. The zero-order valence-electron chi connectivity index (χ0n) is 15.6. The molecule has 0 atom stereocenters. The average molecular weight is 398 g/mol. The van der Waals surface area contributed by atoms with Gasteiger partial charge in [0.2, 0.25) is 5.91 Å². The van der Waals surface area contributed by atoms with Gasteiger partial charge in [-0.05, 0) is 31.0 Å². The summed E-state index contributed by atoms with van der Waals surface area (Å²) < 4.78 is 11.3. The molecule has 1 saturated heterocycles. The maximum Gasteiger partial charge on any atom is 0.255 e. The van der Waals surface area contributed by atoms with Gasteiger partial charge in [0.1, 0.15) is 17.6 Å². The van der Waals surface area contributed by atoms with E-state index in [1.807, 2.05) is 4.90 Å². The van der Waals surface area contributed by atoms with Gasteiger partial charge in [-0.1, -0.05) is 0 Å². The maximum atomic E-state index is 12.4. The maximum absolute atomic E-state index is 12.4. The topological polar surface area (TPSA) is 93.9 Å². The fraction of sp³-hybridized carbons (Fsp3) is 0.579. The van der Waals surface area contributed by atoms with Gasteiger partial charge in [-0.3, -0.25) is 9.59 Å². The Bertz CT molecular complexity index is 658. The van der Waals surface area contributed by atoms with Crippen molar-refractivity contribution in [1.29, 1.82) is 0 Å². The molecule has 1 aliphatic heterocycles. The van der Waals surface area contributed by atoms with Crippen LogP contribution >= 0.6 is 12.4 Å². The number of carbonyl (C=O) groups excluding carboxylic acids is 2. The lowest BCUT2D eigenvalue weighted by Gasteiger charge is -2.32. The minimum absolute atomic E-state index is 0. The van der Waals surface area contributed by atoms with Crippen molar-refractivity contribution in [3.63, 3.8) is 0 Å². The van der Waals surface area contributed by atoms with Crippen molar-refractivity contribution in [3.8, 4) is 11.5 Å². The zero-order valence-corrected chi connectivity index (χ0v) is 16.4. The van der Waals surface area contributed by atoms with Crippen LogP contribution in [0.5, 0.6) is 11.5 Å². The van der Waals surface area contributed by atoms with E-state index in [-0.39, 0.29) is 36.2 Å². The fourth-order valence-electron chi connectivity index (χ4n) is 3.16. The first-order valence-electron chi connectivity index (χ1n) is 9.24. The lowest BCUT2D eigenvalue weighted by atomic mass is 10.1. The van der Waals surface area contributed by atoms with Crippen molar-refractivity contribution < 1.29 is 19.1 Å². The van der Waals surface area contributed by atoms with Gasteiger partial charge >= 0.3 is 0 Å². The number of benzene rings is 1. The zero-order chi connectivity index (χ0) is 18.5. The molecule has 2 fully saturated rings. The summed E-state index contributed by atoms with van der Waals surface area (Å²) in [6, 6.07) is 5.21. The first kappa shape index (κ1) is 21.3. The molecule has 2 aliphatic rings. The molecule has 3 rings (SSSR count). The number of likely N-dealkylation sites (tertiary alicyclic amines) is 1. The minimum Gasteiger partial charge on any atom is -0.497 e. The number of hydrogen-bond donors (Lipinski definition) is 2. The van der Waals surface area contributed by atoms with Gasteiger partial charge in [0.25, 0.3) is 5.91 Å². The van der Waals surface area contributed by atoms with E-state index >= 15 is 0 Å². The summed E-state index contributed by atoms with van der Waals surface area (Å²) in [4.78, 5) is 26.5. The van der Waals surface area contributed by atoms with E-state index in [1.54, 1.807) is 25.3 Å². The van der Waals surface area contributed by atoms with E-state index in [4.69, 9.17) is 15.2 Å². The molecule has 0 spiro atoms. The number of piperidine rings is 1. The third-order valence-corrected chi connectivity index (χ3v) is 4.84. The Morgan fingerprint density at radius 1 is 1.22 bits per heavy atom. The second-order valence-corrected chi connectivity index (χ2v) is 6.82. The third kappa shape index (κ3) is 5.49. The van der Waals surface area contributed by atoms with Crippen LogP contribution in [0.3, 0.4) is 0 Å². The van der Waals surface area contributed by atoms with Crippen LogP contribution in [-0.2, 0) is 4.79 Å². The van der Waals surface area contributed by atoms with Crippen molar-refractivity contribution >= 4 is 24.2 Å². The fourth-order valence-corrected chi connectivity index (χ4v) is 3.16. The molecule has 150 valence electrons. The second-order valence-electron chi connectivity index (χ2n) is 6.82. The Labute approximate surface area is 166 Å². The number of hydrogen-bond acceptors (Lipinski definition) is 5. The van der Waals surface area contributed by atoms with Crippen LogP contribution in [0.25, 0.3) is 0 Å². The quantitative estimate of drug-likeness (QED) is 0.728. The number of amides is 2. The van der Waals surface area contributed by atoms with Crippen molar-refractivity contribution in [2.45, 2.75) is 31.8 Å². The highest BCUT2D eigenvalue weighted by molar-refractivity contribution is 5.97. The Balaban J connectivity index is 0.00000261. The van der Waals surface area contributed by atoms with Crippen LogP contribution in [0.1, 0.15) is 36.0 Å². The van der Waals surface area contributed by atoms with E-state index < -0.39 is 0 Å². The van der Waals surface area contributed by atoms with Crippen molar-refractivity contribution in [2.24, 2.45) is 11.7 Å². The second kappa shape index (κ2) is 9.80. The van der Waals surface area contributed by atoms with Gasteiger partial charge in [0.15, 0.2) is 0 Å². The number of halogens is 1. The van der Waals surface area contributed by atoms with E-state index in [2.05, 4.69) is 5.32 Å². The molecule has 0 radical (unpaired) electrons. The Morgan fingerprint density at radius 2 is 1.93 bits per heavy atom. The predicted octanol–water partition coefficient (Wildman–Crippen LogP) is 1.59. The summed E-state index contributed by atoms with van der Waals surface area (Å²) in [5.74, 6) is 1.44. The molecule has 0 bridgehead atoms. The number of carbonyl (C=O) groups is 2. The third-order valence-electron chi connectivity index (χ3n) is 4.84. The first-order valence-corrected chi connectivity index (χ1v) is 9.24. The summed E-state index contributed by atoms with van der Waals surface area (Å²) in [5.41, 5.74) is 5.90. The Kier molecular flexibility index (Phi) is 7.74. The minimum atomic E-state index is -0.231. The first-order chi connectivity index (χ1) is 12.6. The largest absolute Gasteiger partial charge is 0.497 e. The number of ether oxygens (including phenoxy) is 2. The van der Waals surface area contributed by atoms with Crippen molar-refractivity contribution in [1.82, 2.24) is 10.2 Å². The molecule has 27 heavy (non-hydrogen) atoms. The lowest BCUT2D eigenvalue weighted by molar-refractivity contribution is -0.134. The van der Waals surface area contributed by atoms with Gasteiger partial charge in [-0.15, -0.1) is 12.4 Å². The van der Waals surface area contributed by atoms with Gasteiger partial charge in [0, 0.05) is 44.9 Å². The molecule has 2 amide bonds. The molecule has 3 N–H and O–H groups in total. The van der Waals surface area contributed by atoms with E-state index in [0.717, 1.165) is 25.7 Å². The van der Waals surface area contributed by atoms with E-state index in [0.29, 0.717) is 43.2 Å². The highest BCUT2D eigenvalue weighted by atomic mass is 35.5. The summed E-state index contributed by atoms with van der Waals surface area (Å²) >= 11 is 0. The number of methoxy groups -OCH3 is 1. The number of nitrogens with two attached hydrogens (primary N) is 1. The molecule has 1 saturated carbocycles. The van der Waals surface area contributed by atoms with Crippen LogP contribution in [0, 0.1) is 5.92 Å². The van der Waals surface area contributed by atoms with Gasteiger partial charge < -0.3 is 25.4 Å². The Morgan fingerprint density at radius 3 is 2.52 bits per heavy atom. The van der Waals surface area contributed by atoms with E-state index in [1.165, 1.54) is 0 Å². The van der Waals surface area contributed by atoms with E-state index in [9.17, 15) is 9.59 Å². The molecule has 0 unspecified atom stereocenters. The van der Waals surface area contributed by atoms with Crippen molar-refractivity contribution in [3.05, 3.63) is 23.8 Å². The molecule has 8 heteroatoms. The highest BCUT2D eigenvalue weighted by Gasteiger charge is 2.35. The number of nitrogens with zero attached hydrogens (tertiary/aromatic N) is 1. The summed E-state index contributed by atoms with van der Waals surface area (Å²) in [6.07, 6.45) is 3.60. The van der Waals surface area contributed by atoms with Gasteiger partial charge in [0.05, 0.1) is 12.7 Å². The summed E-state index contributed by atoms with van der Waals surface area (Å²) in [7, 11) is 1.56. The van der Waals surface area contributed by atoms with Crippen LogP contribution in [0.2, 0.25) is 0 Å². The number of nitrogens with one attached hydrogen (secondary N) is 1. The Hall–Kier alpha value is -1.99. The molecular formula is C19H28ClN3O4. The predicted molar refractivity (Wildman–Crippen MR) is 105 cm³/mol. The molecule has 0 aromatic heterocycles. The van der Waals surface area contributed by atoms with Crippen LogP contribution in [0.15, 0.2) is 18.2 Å². The normalized spacial score (nSPS) is 17.0. The van der Waals surface area contributed by atoms with Gasteiger partial charge in [-0.25, -0.2) is 0 Å². The van der Waals surface area contributed by atoms with Crippen LogP contribution in [0.4, 0.5) is 0 Å². The highest BCUT2D eigenvalue weighted by Crippen LogP contribution is 2.32. The summed E-state index contributed by atoms with van der Waals surface area (Å²) in [6.45, 7) is 2.20. The molecule has 1 aliphatic carbocycles. The molecule has 1 aromatic rings. The van der Waals surface area contributed by atoms with Gasteiger partial charge in [-0.2, -0.15) is 0 Å². The molecule has 1 aromatic carbocycles. The SMILES string of the molecule is COc1ccc(OC2CCN(C(=O)C3CC3)CC2)c(C(=O)NCCN)c1.Cl. The van der Waals surface area contributed by atoms with Crippen molar-refractivity contribution in [2.75, 3.05) is 33.3 Å². The van der Waals surface area contributed by atoms with Crippen LogP contribution in [-0.4, -0.2) is 56.1 Å². The summed E-state index contributed by atoms with van der Waals surface area (Å²) in [5, 5.41) is 2.77. The molecular weight excluding hydrogens is 370 g/mol. The molecule has 1 heterocycles. The standard InChI is InChI=1S/C19H27N3O4.ClH/c1-25-15-4-5-17(16(12-15)18(23)21-9-8-20)26-14-6-10-22(11-7-14)19(24)13-2-3-13;/h4-5,12-14H,2-3,6-11,20H2,1H3,(H,21,23);1H.